The van der Waals surface area contributed by atoms with E-state index < -0.39 is 5.97 Å². The normalized spacial score (nSPS) is 17.7. The summed E-state index contributed by atoms with van der Waals surface area (Å²) < 4.78 is 0. The predicted octanol–water partition coefficient (Wildman–Crippen LogP) is 3.83. The fourth-order valence-corrected chi connectivity index (χ4v) is 2.11. The van der Waals surface area contributed by atoms with Gasteiger partial charge in [-0.15, -0.1) is 0 Å². The molecule has 2 rings (SSSR count). The lowest BCUT2D eigenvalue weighted by molar-refractivity contribution is -0.240. The molecule has 0 bridgehead atoms. The van der Waals surface area contributed by atoms with Gasteiger partial charge < -0.3 is 0 Å². The van der Waals surface area contributed by atoms with Gasteiger partial charge in [-0.25, -0.2) is 4.79 Å². The molecule has 1 aliphatic carbocycles. The van der Waals surface area contributed by atoms with Gasteiger partial charge in [-0.3, -0.25) is 4.89 Å². The van der Waals surface area contributed by atoms with E-state index in [1.165, 1.54) is 0 Å². The molecule has 0 heterocycles. The fraction of sp³-hybridized carbons (Fsp3) is 0.467. The third-order valence-electron chi connectivity index (χ3n) is 3.43. The van der Waals surface area contributed by atoms with Crippen LogP contribution in [-0.2, 0) is 9.78 Å². The Bertz CT molecular complexity index is 406. The van der Waals surface area contributed by atoms with E-state index >= 15 is 0 Å². The molecule has 0 saturated heterocycles. The van der Waals surface area contributed by atoms with Crippen molar-refractivity contribution in [1.82, 2.24) is 0 Å². The van der Waals surface area contributed by atoms with Gasteiger partial charge in [0.15, 0.2) is 0 Å². The van der Waals surface area contributed by atoms with E-state index in [0.717, 1.165) is 43.3 Å². The highest BCUT2D eigenvalue weighted by Crippen LogP contribution is 2.30. The van der Waals surface area contributed by atoms with E-state index in [-0.39, 0.29) is 0 Å². The summed E-state index contributed by atoms with van der Waals surface area (Å²) in [5.41, 5.74) is 1.45. The third kappa shape index (κ3) is 3.33. The zero-order valence-corrected chi connectivity index (χ0v) is 10.9. The van der Waals surface area contributed by atoms with Crippen molar-refractivity contribution in [2.75, 3.05) is 0 Å². The van der Waals surface area contributed by atoms with Crippen molar-refractivity contribution in [2.45, 2.75) is 39.5 Å². The van der Waals surface area contributed by atoms with Gasteiger partial charge in [-0.2, -0.15) is 4.89 Å². The summed E-state index contributed by atoms with van der Waals surface area (Å²) in [6, 6.07) is 7.34. The van der Waals surface area contributed by atoms with E-state index in [9.17, 15) is 4.79 Å². The summed E-state index contributed by atoms with van der Waals surface area (Å²) in [5, 5.41) is 0. The van der Waals surface area contributed by atoms with Gasteiger partial charge in [-0.05, 0) is 50.2 Å². The maximum atomic E-state index is 11.8. The molecule has 0 aromatic heterocycles. The maximum Gasteiger partial charge on any atom is 0.373 e. The maximum absolute atomic E-state index is 11.8. The Morgan fingerprint density at radius 3 is 2.56 bits per heavy atom. The lowest BCUT2D eigenvalue weighted by Gasteiger charge is -2.23. The van der Waals surface area contributed by atoms with Crippen molar-refractivity contribution >= 4 is 5.97 Å². The highest BCUT2D eigenvalue weighted by Gasteiger charge is 2.22. The Labute approximate surface area is 108 Å². The van der Waals surface area contributed by atoms with Gasteiger partial charge in [-0.1, -0.05) is 25.1 Å². The highest BCUT2D eigenvalue weighted by molar-refractivity contribution is 5.90. The molecule has 1 aliphatic rings. The Balaban J connectivity index is 1.84. The minimum Gasteiger partial charge on any atom is -0.292 e. The summed E-state index contributed by atoms with van der Waals surface area (Å²) in [6.07, 6.45) is 4.88. The molecular weight excluding hydrogens is 228 g/mol. The molecule has 18 heavy (non-hydrogen) atoms. The first-order chi connectivity index (χ1) is 8.66. The quantitative estimate of drug-likeness (QED) is 0.601. The Morgan fingerprint density at radius 2 is 1.89 bits per heavy atom. The number of carbonyl (C=O) groups is 1. The number of rotatable bonds is 3. The lowest BCUT2D eigenvalue weighted by Crippen LogP contribution is -2.16. The van der Waals surface area contributed by atoms with Crippen LogP contribution in [0.2, 0.25) is 0 Å². The van der Waals surface area contributed by atoms with Crippen LogP contribution < -0.4 is 0 Å². The van der Waals surface area contributed by atoms with Crippen LogP contribution in [-0.4, -0.2) is 5.97 Å². The molecule has 1 fully saturated rings. The first-order valence-corrected chi connectivity index (χ1v) is 6.46. The molecule has 0 spiro atoms. The van der Waals surface area contributed by atoms with Crippen LogP contribution in [0.4, 0.5) is 0 Å². The van der Waals surface area contributed by atoms with Crippen LogP contribution in [0.3, 0.4) is 0 Å². The van der Waals surface area contributed by atoms with Gasteiger partial charge in [0.1, 0.15) is 6.10 Å². The largest absolute Gasteiger partial charge is 0.373 e. The summed E-state index contributed by atoms with van der Waals surface area (Å²) >= 11 is 0. The fourth-order valence-electron chi connectivity index (χ4n) is 2.11. The average Bonchev–Trinajstić information content (AvgIpc) is 2.38. The smallest absolute Gasteiger partial charge is 0.292 e. The van der Waals surface area contributed by atoms with Crippen LogP contribution in [0.5, 0.6) is 0 Å². The first-order valence-electron chi connectivity index (χ1n) is 6.46. The van der Waals surface area contributed by atoms with Crippen molar-refractivity contribution < 1.29 is 14.6 Å². The molecule has 1 aromatic carbocycles. The molecule has 1 radical (unpaired) electrons. The van der Waals surface area contributed by atoms with Crippen LogP contribution in [0, 0.1) is 18.9 Å². The Morgan fingerprint density at radius 1 is 1.22 bits per heavy atom. The van der Waals surface area contributed by atoms with Crippen molar-refractivity contribution in [1.29, 1.82) is 0 Å². The summed E-state index contributed by atoms with van der Waals surface area (Å²) in [7, 11) is 0. The lowest BCUT2D eigenvalue weighted by atomic mass is 9.89. The SMILES string of the molecule is Cc1ccccc1C(=O)OO[C]1CCC(C)CC1. The molecule has 0 unspecified atom stereocenters. The zero-order chi connectivity index (χ0) is 13.0. The van der Waals surface area contributed by atoms with Gasteiger partial charge in [0.2, 0.25) is 0 Å². The van der Waals surface area contributed by atoms with E-state index in [1.807, 2.05) is 25.1 Å². The predicted molar refractivity (Wildman–Crippen MR) is 68.6 cm³/mol. The number of hydrogen-bond acceptors (Lipinski definition) is 3. The minimum atomic E-state index is -0.417. The van der Waals surface area contributed by atoms with Gasteiger partial charge in [0.25, 0.3) is 0 Å². The molecule has 0 atom stereocenters. The second-order valence-corrected chi connectivity index (χ2v) is 4.99. The monoisotopic (exact) mass is 247 g/mol. The molecular formula is C15H19O3. The molecule has 0 aliphatic heterocycles. The van der Waals surface area contributed by atoms with Gasteiger partial charge in [0.05, 0.1) is 5.56 Å². The summed E-state index contributed by atoms with van der Waals surface area (Å²) in [5.74, 6) is 0.323. The number of aryl methyl sites for hydroxylation is 1. The van der Waals surface area contributed by atoms with E-state index in [1.54, 1.807) is 6.07 Å². The third-order valence-corrected chi connectivity index (χ3v) is 3.43. The van der Waals surface area contributed by atoms with Crippen molar-refractivity contribution in [3.63, 3.8) is 0 Å². The van der Waals surface area contributed by atoms with Crippen LogP contribution >= 0.6 is 0 Å². The van der Waals surface area contributed by atoms with Crippen LogP contribution in [0.1, 0.15) is 48.5 Å². The average molecular weight is 247 g/mol. The van der Waals surface area contributed by atoms with E-state index in [0.29, 0.717) is 5.56 Å². The van der Waals surface area contributed by atoms with Crippen LogP contribution in [0.25, 0.3) is 0 Å². The topological polar surface area (TPSA) is 35.5 Å². The Hall–Kier alpha value is -1.35. The second kappa shape index (κ2) is 6.01. The number of hydrogen-bond donors (Lipinski definition) is 0. The first kappa shape index (κ1) is 13.1. The van der Waals surface area contributed by atoms with Crippen molar-refractivity contribution in [2.24, 2.45) is 5.92 Å². The minimum absolute atomic E-state index is 0.417. The van der Waals surface area contributed by atoms with Crippen molar-refractivity contribution in [3.05, 3.63) is 41.5 Å². The number of benzene rings is 1. The summed E-state index contributed by atoms with van der Waals surface area (Å²) in [4.78, 5) is 21.9. The molecule has 97 valence electrons. The molecule has 3 nitrogen and oxygen atoms in total. The standard InChI is InChI=1S/C15H19O3/c1-11-7-9-13(10-8-11)17-18-15(16)14-6-4-3-5-12(14)2/h3-6,11H,7-10H2,1-2H3. The van der Waals surface area contributed by atoms with Crippen molar-refractivity contribution in [3.8, 4) is 0 Å². The Kier molecular flexibility index (Phi) is 4.37. The van der Waals surface area contributed by atoms with E-state index in [4.69, 9.17) is 9.78 Å². The van der Waals surface area contributed by atoms with Gasteiger partial charge >= 0.3 is 5.97 Å². The zero-order valence-electron chi connectivity index (χ0n) is 10.9. The number of carbonyl (C=O) groups excluding carboxylic acids is 1. The molecule has 0 N–H and O–H groups in total. The molecule has 1 saturated carbocycles. The highest BCUT2D eigenvalue weighted by atomic mass is 17.2. The molecule has 1 aromatic rings. The molecule has 3 heteroatoms. The van der Waals surface area contributed by atoms with Gasteiger partial charge in [0, 0.05) is 0 Å². The second-order valence-electron chi connectivity index (χ2n) is 4.99. The summed E-state index contributed by atoms with van der Waals surface area (Å²) in [6.45, 7) is 4.11. The van der Waals surface area contributed by atoms with Crippen LogP contribution in [0.15, 0.2) is 24.3 Å². The molecule has 0 amide bonds. The van der Waals surface area contributed by atoms with E-state index in [2.05, 4.69) is 6.92 Å².